The first-order chi connectivity index (χ1) is 24.3. The van der Waals surface area contributed by atoms with E-state index < -0.39 is 47.7 Å². The van der Waals surface area contributed by atoms with Crippen LogP contribution in [0.2, 0.25) is 5.02 Å². The van der Waals surface area contributed by atoms with Gasteiger partial charge in [0.05, 0.1) is 13.2 Å². The molecular weight excluding hydrogens is 676 g/mol. The van der Waals surface area contributed by atoms with Crippen molar-refractivity contribution < 1.29 is 38.2 Å². The minimum atomic E-state index is -1.26. The number of benzene rings is 2. The molecule has 2 aromatic carbocycles. The van der Waals surface area contributed by atoms with E-state index in [1.165, 1.54) is 13.5 Å². The number of hydrazine groups is 1. The Hall–Kier alpha value is -4.32. The predicted octanol–water partition coefficient (Wildman–Crippen LogP) is 6.81. The van der Waals surface area contributed by atoms with E-state index in [-0.39, 0.29) is 45.5 Å². The van der Waals surface area contributed by atoms with Gasteiger partial charge in [-0.1, -0.05) is 86.2 Å². The van der Waals surface area contributed by atoms with Gasteiger partial charge in [-0.25, -0.2) is 20.0 Å². The van der Waals surface area contributed by atoms with Crippen LogP contribution in [0.25, 0.3) is 0 Å². The van der Waals surface area contributed by atoms with E-state index in [1.807, 2.05) is 30.3 Å². The highest BCUT2D eigenvalue weighted by atomic mass is 35.5. The van der Waals surface area contributed by atoms with Gasteiger partial charge in [-0.15, -0.1) is 0 Å². The number of nitrogens with one attached hydrogen (secondary N) is 1. The quantitative estimate of drug-likeness (QED) is 0.152. The molecule has 4 amide bonds. The Labute approximate surface area is 305 Å². The molecule has 1 saturated heterocycles. The molecule has 1 N–H and O–H groups in total. The number of hydrogen-bond donors (Lipinski definition) is 1. The third-order valence-electron chi connectivity index (χ3n) is 9.18. The Kier molecular flexibility index (Phi) is 14.5. The summed E-state index contributed by atoms with van der Waals surface area (Å²) in [4.78, 5) is 70.8. The van der Waals surface area contributed by atoms with Gasteiger partial charge >= 0.3 is 18.2 Å². The van der Waals surface area contributed by atoms with Crippen LogP contribution >= 0.6 is 11.6 Å². The molecule has 2 unspecified atom stereocenters. The molecule has 0 spiro atoms. The van der Waals surface area contributed by atoms with Crippen molar-refractivity contribution >= 4 is 41.6 Å². The van der Waals surface area contributed by atoms with Crippen molar-refractivity contribution in [3.05, 3.63) is 70.7 Å². The number of ether oxygens (including phenoxy) is 3. The van der Waals surface area contributed by atoms with Crippen LogP contribution in [-0.2, 0) is 35.2 Å². The van der Waals surface area contributed by atoms with Crippen LogP contribution in [0.4, 0.5) is 9.59 Å². The summed E-state index contributed by atoms with van der Waals surface area (Å²) in [5.74, 6) is -1.14. The van der Waals surface area contributed by atoms with Gasteiger partial charge in [-0.2, -0.15) is 0 Å². The largest absolute Gasteiger partial charge is 0.469 e. The van der Waals surface area contributed by atoms with Gasteiger partial charge in [0, 0.05) is 37.5 Å². The van der Waals surface area contributed by atoms with Gasteiger partial charge in [0.1, 0.15) is 18.2 Å². The fourth-order valence-corrected chi connectivity index (χ4v) is 6.77. The van der Waals surface area contributed by atoms with Crippen LogP contribution in [0.1, 0.15) is 95.7 Å². The van der Waals surface area contributed by atoms with E-state index in [0.29, 0.717) is 22.9 Å². The Bertz CT molecular complexity index is 1490. The molecule has 2 atom stereocenters. The zero-order valence-corrected chi connectivity index (χ0v) is 30.9. The highest BCUT2D eigenvalue weighted by Crippen LogP contribution is 2.30. The first kappa shape index (κ1) is 39.5. The number of methoxy groups -OCH3 is 1. The molecule has 13 heteroatoms. The maximum atomic E-state index is 14.6. The molecule has 0 bridgehead atoms. The van der Waals surface area contributed by atoms with E-state index >= 15 is 0 Å². The fourth-order valence-electron chi connectivity index (χ4n) is 6.56. The highest BCUT2D eigenvalue weighted by molar-refractivity contribution is 6.30. The summed E-state index contributed by atoms with van der Waals surface area (Å²) >= 11 is 6.09. The number of nitrogens with zero attached hydrogens (tertiary/aromatic N) is 3. The van der Waals surface area contributed by atoms with Gasteiger partial charge in [-0.05, 0) is 62.8 Å². The topological polar surface area (TPSA) is 135 Å². The van der Waals surface area contributed by atoms with Crippen molar-refractivity contribution in [1.29, 1.82) is 0 Å². The number of piperazine rings is 1. The van der Waals surface area contributed by atoms with Crippen molar-refractivity contribution in [2.45, 2.75) is 103 Å². The van der Waals surface area contributed by atoms with E-state index in [9.17, 15) is 24.0 Å². The summed E-state index contributed by atoms with van der Waals surface area (Å²) in [6.07, 6.45) is 4.40. The van der Waals surface area contributed by atoms with E-state index in [2.05, 4.69) is 5.43 Å². The molecule has 0 aromatic heterocycles. The average molecular weight is 727 g/mol. The van der Waals surface area contributed by atoms with Crippen molar-refractivity contribution in [2.24, 2.45) is 5.92 Å². The molecule has 2 fully saturated rings. The Morgan fingerprint density at radius 3 is 2.35 bits per heavy atom. The fraction of sp³-hybridized carbons (Fsp3) is 0.553. The summed E-state index contributed by atoms with van der Waals surface area (Å²) in [6.45, 7) is 5.65. The summed E-state index contributed by atoms with van der Waals surface area (Å²) in [5.41, 5.74) is 3.27. The lowest BCUT2D eigenvalue weighted by Gasteiger charge is -2.43. The second-order valence-electron chi connectivity index (χ2n) is 14.1. The highest BCUT2D eigenvalue weighted by Gasteiger charge is 2.41. The van der Waals surface area contributed by atoms with Crippen LogP contribution in [0, 0.1) is 5.92 Å². The number of carbonyl (C=O) groups excluding carboxylic acids is 5. The van der Waals surface area contributed by atoms with Crippen molar-refractivity contribution in [3.63, 3.8) is 0 Å². The summed E-state index contributed by atoms with van der Waals surface area (Å²) in [6, 6.07) is 14.4. The van der Waals surface area contributed by atoms with Crippen LogP contribution in [0.15, 0.2) is 54.6 Å². The molecule has 0 radical (unpaired) electrons. The molecule has 2 aliphatic rings. The van der Waals surface area contributed by atoms with Crippen molar-refractivity contribution in [3.8, 4) is 0 Å². The lowest BCUT2D eigenvalue weighted by molar-refractivity contribution is -0.152. The van der Waals surface area contributed by atoms with Gasteiger partial charge in [-0.3, -0.25) is 19.3 Å². The smallest absolute Gasteiger partial charge is 0.426 e. The Balaban J connectivity index is 1.61. The third kappa shape index (κ3) is 12.2. The zero-order chi connectivity index (χ0) is 37.0. The van der Waals surface area contributed by atoms with Crippen LogP contribution < -0.4 is 5.43 Å². The van der Waals surface area contributed by atoms with Gasteiger partial charge in [0.15, 0.2) is 0 Å². The Morgan fingerprint density at radius 2 is 1.69 bits per heavy atom. The number of amides is 4. The lowest BCUT2D eigenvalue weighted by Crippen LogP contribution is -2.61. The second kappa shape index (κ2) is 18.8. The molecule has 12 nitrogen and oxygen atoms in total. The van der Waals surface area contributed by atoms with Gasteiger partial charge in [0.2, 0.25) is 11.8 Å². The number of halogens is 1. The molecule has 1 aliphatic carbocycles. The maximum absolute atomic E-state index is 14.6. The zero-order valence-electron chi connectivity index (χ0n) is 30.1. The first-order valence-electron chi connectivity index (χ1n) is 17.7. The van der Waals surface area contributed by atoms with Crippen LogP contribution in [0.5, 0.6) is 0 Å². The van der Waals surface area contributed by atoms with Crippen LogP contribution in [-0.4, -0.2) is 83.2 Å². The van der Waals surface area contributed by atoms with Gasteiger partial charge < -0.3 is 19.1 Å². The minimum Gasteiger partial charge on any atom is -0.469 e. The molecule has 1 saturated carbocycles. The van der Waals surface area contributed by atoms with E-state index in [1.54, 1.807) is 54.8 Å². The predicted molar refractivity (Wildman–Crippen MR) is 191 cm³/mol. The number of esters is 1. The number of rotatable bonds is 11. The van der Waals surface area contributed by atoms with E-state index in [4.69, 9.17) is 25.8 Å². The standard InChI is InChI=1S/C38H51ClN4O8/c1-38(2,3)51-37(48)42-23-22-41(25-32(42)29-15-9-6-10-16-29)35(46)31(19-21-34(45)49-4)43(33(44)20-18-27-12-7-5-8-13-27)40-36(47)50-26-28-14-11-17-30(39)24-28/h6,9-11,14-17,24,27,31-32H,5,7-8,12-13,18-23,25-26H2,1-4H3,(H,40,47). The molecule has 2 aromatic rings. The normalized spacial score (nSPS) is 17.2. The molecule has 1 aliphatic heterocycles. The lowest BCUT2D eigenvalue weighted by atomic mass is 9.86. The maximum Gasteiger partial charge on any atom is 0.426 e. The average Bonchev–Trinajstić information content (AvgIpc) is 3.12. The van der Waals surface area contributed by atoms with Crippen LogP contribution in [0.3, 0.4) is 0 Å². The third-order valence-corrected chi connectivity index (χ3v) is 9.42. The second-order valence-corrected chi connectivity index (χ2v) is 14.6. The monoisotopic (exact) mass is 726 g/mol. The summed E-state index contributed by atoms with van der Waals surface area (Å²) < 4.78 is 16.0. The number of hydrogen-bond acceptors (Lipinski definition) is 8. The molecule has 4 rings (SSSR count). The van der Waals surface area contributed by atoms with Gasteiger partial charge in [0.25, 0.3) is 0 Å². The SMILES string of the molecule is COC(=O)CCC(C(=O)N1CCN(C(=O)OC(C)(C)C)C(c2ccccc2)C1)N(NC(=O)OCc1cccc(Cl)c1)C(=O)CCC1CCCCC1. The molecule has 51 heavy (non-hydrogen) atoms. The van der Waals surface area contributed by atoms with Crippen molar-refractivity contribution in [2.75, 3.05) is 26.7 Å². The molecule has 278 valence electrons. The molecular formula is C38H51ClN4O8. The number of carbonyl (C=O) groups is 5. The van der Waals surface area contributed by atoms with E-state index in [0.717, 1.165) is 36.3 Å². The Morgan fingerprint density at radius 1 is 0.961 bits per heavy atom. The summed E-state index contributed by atoms with van der Waals surface area (Å²) in [7, 11) is 1.25. The summed E-state index contributed by atoms with van der Waals surface area (Å²) in [5, 5.41) is 1.51. The first-order valence-corrected chi connectivity index (χ1v) is 18.1. The molecule has 1 heterocycles. The van der Waals surface area contributed by atoms with Crippen molar-refractivity contribution in [1.82, 2.24) is 20.2 Å². The minimum absolute atomic E-state index is 0.0974.